The second kappa shape index (κ2) is 5.63. The number of H-pyrrole nitrogens is 1. The van der Waals surface area contributed by atoms with E-state index in [9.17, 15) is 13.6 Å². The molecule has 0 aromatic carbocycles. The van der Waals surface area contributed by atoms with Crippen molar-refractivity contribution in [1.82, 2.24) is 20.3 Å². The lowest BCUT2D eigenvalue weighted by Gasteiger charge is -2.09. The number of nitrogens with zero attached hydrogens (tertiary/aromatic N) is 3. The molecule has 3 aromatic heterocycles. The third kappa shape index (κ3) is 2.82. The van der Waals surface area contributed by atoms with Crippen molar-refractivity contribution in [3.63, 3.8) is 0 Å². The standard InChI is InChI=1S/C13H11F2N5O3/c1-5-7(9(16)10-11(17-5)20-23-19-10)4-6-2-3-8(12(21)18-6)22-13(14)15/h2-3,13H,4,16H2,1H3,(H,18,21). The molecule has 0 spiro atoms. The first-order valence-corrected chi connectivity index (χ1v) is 6.50. The summed E-state index contributed by atoms with van der Waals surface area (Å²) in [7, 11) is 0. The van der Waals surface area contributed by atoms with Gasteiger partial charge in [-0.3, -0.25) is 4.79 Å². The maximum atomic E-state index is 12.1. The molecule has 0 saturated carbocycles. The van der Waals surface area contributed by atoms with E-state index in [2.05, 4.69) is 29.6 Å². The third-order valence-corrected chi connectivity index (χ3v) is 3.28. The molecule has 0 aliphatic rings. The van der Waals surface area contributed by atoms with Gasteiger partial charge in [-0.25, -0.2) is 9.61 Å². The molecule has 8 nitrogen and oxygen atoms in total. The number of hydrogen-bond acceptors (Lipinski definition) is 7. The van der Waals surface area contributed by atoms with E-state index in [0.29, 0.717) is 28.2 Å². The summed E-state index contributed by atoms with van der Waals surface area (Å²) < 4.78 is 33.0. The van der Waals surface area contributed by atoms with E-state index in [1.165, 1.54) is 12.1 Å². The summed E-state index contributed by atoms with van der Waals surface area (Å²) in [5, 5.41) is 7.30. The van der Waals surface area contributed by atoms with Crippen molar-refractivity contribution in [1.29, 1.82) is 0 Å². The van der Waals surface area contributed by atoms with E-state index in [1.54, 1.807) is 6.92 Å². The zero-order valence-electron chi connectivity index (χ0n) is 11.8. The van der Waals surface area contributed by atoms with Gasteiger partial charge in [0.15, 0.2) is 11.3 Å². The van der Waals surface area contributed by atoms with E-state index in [0.717, 1.165) is 0 Å². The number of fused-ring (bicyclic) bond motifs is 1. The SMILES string of the molecule is Cc1nc2nonc2c(N)c1Cc1ccc(OC(F)F)c(=O)[nH]1. The summed E-state index contributed by atoms with van der Waals surface area (Å²) >= 11 is 0. The Bertz CT molecular complexity index is 922. The molecule has 0 saturated heterocycles. The summed E-state index contributed by atoms with van der Waals surface area (Å²) in [6.07, 6.45) is 0.234. The predicted molar refractivity (Wildman–Crippen MR) is 75.2 cm³/mol. The first-order chi connectivity index (χ1) is 11.0. The molecule has 23 heavy (non-hydrogen) atoms. The van der Waals surface area contributed by atoms with Crippen molar-refractivity contribution in [3.8, 4) is 5.75 Å². The number of aromatic amines is 1. The van der Waals surface area contributed by atoms with Crippen molar-refractivity contribution in [2.75, 3.05) is 5.73 Å². The van der Waals surface area contributed by atoms with Gasteiger partial charge < -0.3 is 15.5 Å². The Balaban J connectivity index is 1.96. The van der Waals surface area contributed by atoms with E-state index in [4.69, 9.17) is 5.73 Å². The zero-order valence-corrected chi connectivity index (χ0v) is 11.8. The number of ether oxygens (including phenoxy) is 1. The molecule has 0 fully saturated rings. The summed E-state index contributed by atoms with van der Waals surface area (Å²) in [5.41, 5.74) is 7.91. The fourth-order valence-corrected chi connectivity index (χ4v) is 2.20. The van der Waals surface area contributed by atoms with Crippen LogP contribution in [0.3, 0.4) is 0 Å². The second-order valence-corrected chi connectivity index (χ2v) is 4.76. The topological polar surface area (TPSA) is 120 Å². The van der Waals surface area contributed by atoms with Gasteiger partial charge in [0, 0.05) is 23.4 Å². The van der Waals surface area contributed by atoms with Gasteiger partial charge in [-0.1, -0.05) is 0 Å². The number of rotatable bonds is 4. The van der Waals surface area contributed by atoms with Crippen molar-refractivity contribution in [2.45, 2.75) is 20.0 Å². The number of aromatic nitrogens is 4. The molecule has 3 rings (SSSR count). The van der Waals surface area contributed by atoms with E-state index < -0.39 is 17.9 Å². The molecule has 0 atom stereocenters. The summed E-state index contributed by atoms with van der Waals surface area (Å²) in [6.45, 7) is -1.34. The lowest BCUT2D eigenvalue weighted by molar-refractivity contribution is -0.0508. The first kappa shape index (κ1) is 14.9. The average molecular weight is 323 g/mol. The number of nitrogens with two attached hydrogens (primary N) is 1. The molecule has 0 bridgehead atoms. The highest BCUT2D eigenvalue weighted by atomic mass is 19.3. The van der Waals surface area contributed by atoms with Gasteiger partial charge in [-0.05, 0) is 29.4 Å². The molecular weight excluding hydrogens is 312 g/mol. The summed E-state index contributed by atoms with van der Waals surface area (Å²) in [5.74, 6) is -0.456. The fraction of sp³-hybridized carbons (Fsp3) is 0.231. The minimum atomic E-state index is -3.06. The number of pyridine rings is 2. The molecule has 3 aromatic rings. The molecule has 0 aliphatic heterocycles. The Kier molecular flexibility index (Phi) is 3.64. The molecule has 120 valence electrons. The van der Waals surface area contributed by atoms with Crippen molar-refractivity contribution in [2.24, 2.45) is 0 Å². The van der Waals surface area contributed by atoms with Crippen LogP contribution in [0.5, 0.6) is 5.75 Å². The highest BCUT2D eigenvalue weighted by molar-refractivity contribution is 5.85. The number of anilines is 1. The van der Waals surface area contributed by atoms with Crippen LogP contribution in [0.4, 0.5) is 14.5 Å². The lowest BCUT2D eigenvalue weighted by atomic mass is 10.1. The van der Waals surface area contributed by atoms with Gasteiger partial charge in [0.25, 0.3) is 5.56 Å². The summed E-state index contributed by atoms with van der Waals surface area (Å²) in [4.78, 5) is 18.4. The van der Waals surface area contributed by atoms with E-state index in [-0.39, 0.29) is 12.1 Å². The van der Waals surface area contributed by atoms with Gasteiger partial charge in [0.05, 0.1) is 5.69 Å². The molecule has 0 amide bonds. The predicted octanol–water partition coefficient (Wildman–Crippen LogP) is 1.39. The van der Waals surface area contributed by atoms with E-state index in [1.807, 2.05) is 0 Å². The van der Waals surface area contributed by atoms with Crippen LogP contribution in [-0.2, 0) is 6.42 Å². The van der Waals surface area contributed by atoms with Crippen molar-refractivity contribution in [3.05, 3.63) is 39.4 Å². The van der Waals surface area contributed by atoms with Gasteiger partial charge in [0.1, 0.15) is 0 Å². The Labute approximate surface area is 127 Å². The fourth-order valence-electron chi connectivity index (χ4n) is 2.20. The number of nitrogens with one attached hydrogen (secondary N) is 1. The molecule has 0 unspecified atom stereocenters. The van der Waals surface area contributed by atoms with Crippen LogP contribution in [0.2, 0.25) is 0 Å². The molecule has 3 heterocycles. The van der Waals surface area contributed by atoms with Crippen LogP contribution in [0, 0.1) is 6.92 Å². The highest BCUT2D eigenvalue weighted by Gasteiger charge is 2.16. The minimum absolute atomic E-state index is 0.234. The molecule has 0 radical (unpaired) electrons. The average Bonchev–Trinajstić information content (AvgIpc) is 2.94. The van der Waals surface area contributed by atoms with Crippen LogP contribution in [-0.4, -0.2) is 26.9 Å². The summed E-state index contributed by atoms with van der Waals surface area (Å²) in [6, 6.07) is 2.64. The van der Waals surface area contributed by atoms with Crippen LogP contribution in [0.15, 0.2) is 21.6 Å². The Morgan fingerprint density at radius 1 is 1.39 bits per heavy atom. The smallest absolute Gasteiger partial charge is 0.387 e. The normalized spacial score (nSPS) is 11.3. The lowest BCUT2D eigenvalue weighted by Crippen LogP contribution is -2.16. The van der Waals surface area contributed by atoms with Gasteiger partial charge >= 0.3 is 6.61 Å². The molecule has 3 N–H and O–H groups in total. The molecule has 0 aliphatic carbocycles. The number of alkyl halides is 2. The van der Waals surface area contributed by atoms with E-state index >= 15 is 0 Å². The maximum Gasteiger partial charge on any atom is 0.387 e. The quantitative estimate of drug-likeness (QED) is 0.744. The number of hydrogen-bond donors (Lipinski definition) is 2. The second-order valence-electron chi connectivity index (χ2n) is 4.76. The monoisotopic (exact) mass is 323 g/mol. The first-order valence-electron chi connectivity index (χ1n) is 6.50. The van der Waals surface area contributed by atoms with Crippen molar-refractivity contribution >= 4 is 16.9 Å². The van der Waals surface area contributed by atoms with Crippen LogP contribution in [0.1, 0.15) is 17.0 Å². The molecule has 10 heteroatoms. The highest BCUT2D eigenvalue weighted by Crippen LogP contribution is 2.25. The van der Waals surface area contributed by atoms with Gasteiger partial charge in [0.2, 0.25) is 5.65 Å². The number of aryl methyl sites for hydroxylation is 1. The number of nitrogen functional groups attached to an aromatic ring is 1. The Morgan fingerprint density at radius 2 is 2.17 bits per heavy atom. The van der Waals surface area contributed by atoms with Crippen LogP contribution in [0.25, 0.3) is 11.2 Å². The largest absolute Gasteiger partial charge is 0.429 e. The van der Waals surface area contributed by atoms with Crippen LogP contribution < -0.4 is 16.0 Å². The zero-order chi connectivity index (χ0) is 16.6. The van der Waals surface area contributed by atoms with Gasteiger partial charge in [-0.2, -0.15) is 8.78 Å². The van der Waals surface area contributed by atoms with Crippen molar-refractivity contribution < 1.29 is 18.1 Å². The van der Waals surface area contributed by atoms with Gasteiger partial charge in [-0.15, -0.1) is 0 Å². The molecular formula is C13H11F2N5O3. The van der Waals surface area contributed by atoms with Crippen LogP contribution >= 0.6 is 0 Å². The maximum absolute atomic E-state index is 12.1. The Hall–Kier alpha value is -3.04. The number of halogens is 2. The third-order valence-electron chi connectivity index (χ3n) is 3.28. The minimum Gasteiger partial charge on any atom is -0.429 e. The Morgan fingerprint density at radius 3 is 2.87 bits per heavy atom.